The van der Waals surface area contributed by atoms with Crippen LogP contribution in [0, 0.1) is 0 Å². The van der Waals surface area contributed by atoms with Crippen LogP contribution in [-0.4, -0.2) is 40.5 Å². The summed E-state index contributed by atoms with van der Waals surface area (Å²) in [6.07, 6.45) is 1.21. The maximum atomic E-state index is 14.5. The molecule has 0 aliphatic rings. The second-order valence-electron chi connectivity index (χ2n) is 12.1. The van der Waals surface area contributed by atoms with Crippen LogP contribution < -0.4 is 10.6 Å². The van der Waals surface area contributed by atoms with Crippen molar-refractivity contribution in [3.63, 3.8) is 0 Å². The standard InChI is InChI=1S/C37H41N3O4/c1-7-26-16-13-19-30(22-26)33(34(41)38-31-21-20-28-17-11-12-18-29(28)24-31)40(25(2)3)35(42)32(23-27-14-9-8-10-15-27)39-36(43)44-37(4,5)6/h7-22,24-25,32-33H,1,23H2,2-6H3,(H,38,41)(H,39,43). The fraction of sp³-hybridized carbons (Fsp3) is 0.270. The Bertz CT molecular complexity index is 1620. The second kappa shape index (κ2) is 14.0. The third-order valence-corrected chi connectivity index (χ3v) is 7.09. The van der Waals surface area contributed by atoms with Gasteiger partial charge in [-0.2, -0.15) is 0 Å². The van der Waals surface area contributed by atoms with E-state index in [1.165, 1.54) is 0 Å². The Morgan fingerprint density at radius 3 is 2.20 bits per heavy atom. The lowest BCUT2D eigenvalue weighted by atomic mass is 9.97. The summed E-state index contributed by atoms with van der Waals surface area (Å²) in [5.74, 6) is -0.781. The molecule has 0 aromatic heterocycles. The Hall–Kier alpha value is -4.91. The van der Waals surface area contributed by atoms with Crippen molar-refractivity contribution in [2.45, 2.75) is 64.8 Å². The molecule has 44 heavy (non-hydrogen) atoms. The minimum atomic E-state index is -1.01. The molecule has 2 N–H and O–H groups in total. The van der Waals surface area contributed by atoms with Crippen molar-refractivity contribution >= 4 is 40.4 Å². The van der Waals surface area contributed by atoms with Gasteiger partial charge >= 0.3 is 6.09 Å². The van der Waals surface area contributed by atoms with Gasteiger partial charge in [-0.1, -0.05) is 91.5 Å². The number of benzene rings is 4. The minimum absolute atomic E-state index is 0.216. The van der Waals surface area contributed by atoms with E-state index in [-0.39, 0.29) is 12.3 Å². The summed E-state index contributed by atoms with van der Waals surface area (Å²) in [5.41, 5.74) is 2.16. The van der Waals surface area contributed by atoms with Crippen molar-refractivity contribution in [3.8, 4) is 0 Å². The van der Waals surface area contributed by atoms with Crippen LogP contribution in [-0.2, 0) is 20.7 Å². The highest BCUT2D eigenvalue weighted by atomic mass is 16.6. The largest absolute Gasteiger partial charge is 0.444 e. The molecule has 0 aliphatic carbocycles. The predicted octanol–water partition coefficient (Wildman–Crippen LogP) is 7.54. The van der Waals surface area contributed by atoms with Gasteiger partial charge in [0.25, 0.3) is 5.91 Å². The molecular formula is C37H41N3O4. The number of ether oxygens (including phenoxy) is 1. The monoisotopic (exact) mass is 591 g/mol. The van der Waals surface area contributed by atoms with Crippen LogP contribution in [0.5, 0.6) is 0 Å². The van der Waals surface area contributed by atoms with Gasteiger partial charge in [0, 0.05) is 18.2 Å². The first-order valence-corrected chi connectivity index (χ1v) is 14.8. The Morgan fingerprint density at radius 2 is 1.55 bits per heavy atom. The van der Waals surface area contributed by atoms with Gasteiger partial charge < -0.3 is 20.3 Å². The molecular weight excluding hydrogens is 550 g/mol. The van der Waals surface area contributed by atoms with Gasteiger partial charge in [0.2, 0.25) is 5.91 Å². The Balaban J connectivity index is 1.75. The third-order valence-electron chi connectivity index (χ3n) is 7.09. The highest BCUT2D eigenvalue weighted by Crippen LogP contribution is 2.29. The lowest BCUT2D eigenvalue weighted by Crippen LogP contribution is -2.55. The van der Waals surface area contributed by atoms with Crippen LogP contribution in [0.2, 0.25) is 0 Å². The van der Waals surface area contributed by atoms with Crippen LogP contribution in [0.4, 0.5) is 10.5 Å². The normalized spacial score (nSPS) is 12.7. The zero-order chi connectivity index (χ0) is 31.9. The lowest BCUT2D eigenvalue weighted by Gasteiger charge is -2.37. The van der Waals surface area contributed by atoms with E-state index in [9.17, 15) is 14.4 Å². The molecule has 0 saturated carbocycles. The average molecular weight is 592 g/mol. The molecule has 0 saturated heterocycles. The first-order chi connectivity index (χ1) is 20.9. The van der Waals surface area contributed by atoms with E-state index in [4.69, 9.17) is 4.74 Å². The Kier molecular flexibility index (Phi) is 10.2. The number of hydrogen-bond donors (Lipinski definition) is 2. The van der Waals surface area contributed by atoms with E-state index in [1.54, 1.807) is 31.7 Å². The van der Waals surface area contributed by atoms with Gasteiger partial charge in [-0.05, 0) is 80.3 Å². The molecule has 4 aromatic carbocycles. The molecule has 0 heterocycles. The van der Waals surface area contributed by atoms with E-state index in [0.29, 0.717) is 11.3 Å². The number of fused-ring (bicyclic) bond motifs is 1. The van der Waals surface area contributed by atoms with Crippen LogP contribution in [0.3, 0.4) is 0 Å². The number of alkyl carbamates (subject to hydrolysis) is 1. The number of amides is 3. The van der Waals surface area contributed by atoms with Gasteiger partial charge in [0.1, 0.15) is 17.7 Å². The SMILES string of the molecule is C=Cc1cccc(C(C(=O)Nc2ccc3ccccc3c2)N(C(=O)C(Cc2ccccc2)NC(=O)OC(C)(C)C)C(C)C)c1. The maximum absolute atomic E-state index is 14.5. The lowest BCUT2D eigenvalue weighted by molar-refractivity contribution is -0.142. The number of rotatable bonds is 10. The molecule has 3 amide bonds. The molecule has 7 heteroatoms. The Morgan fingerprint density at radius 1 is 0.864 bits per heavy atom. The zero-order valence-corrected chi connectivity index (χ0v) is 26.0. The van der Waals surface area contributed by atoms with E-state index in [2.05, 4.69) is 17.2 Å². The summed E-state index contributed by atoms with van der Waals surface area (Å²) in [5, 5.41) is 7.88. The molecule has 2 unspecified atom stereocenters. The summed E-state index contributed by atoms with van der Waals surface area (Å²) in [4.78, 5) is 43.3. The Labute approximate surface area is 259 Å². The second-order valence-corrected chi connectivity index (χ2v) is 12.1. The van der Waals surface area contributed by atoms with Gasteiger partial charge in [-0.25, -0.2) is 4.79 Å². The molecule has 4 rings (SSSR count). The molecule has 0 fully saturated rings. The number of hydrogen-bond acceptors (Lipinski definition) is 4. The maximum Gasteiger partial charge on any atom is 0.408 e. The van der Waals surface area contributed by atoms with Crippen molar-refractivity contribution in [2.75, 3.05) is 5.32 Å². The summed E-state index contributed by atoms with van der Waals surface area (Å²) in [7, 11) is 0. The molecule has 4 aromatic rings. The number of carbonyl (C=O) groups is 3. The van der Waals surface area contributed by atoms with Crippen molar-refractivity contribution in [1.82, 2.24) is 10.2 Å². The molecule has 0 aliphatic heterocycles. The summed E-state index contributed by atoms with van der Waals surface area (Å²) in [6, 6.07) is 28.1. The highest BCUT2D eigenvalue weighted by Gasteiger charge is 2.38. The van der Waals surface area contributed by atoms with Crippen LogP contribution in [0.15, 0.2) is 104 Å². The molecule has 0 spiro atoms. The minimum Gasteiger partial charge on any atom is -0.444 e. The fourth-order valence-corrected chi connectivity index (χ4v) is 5.13. The quantitative estimate of drug-likeness (QED) is 0.200. The smallest absolute Gasteiger partial charge is 0.408 e. The molecule has 2 atom stereocenters. The summed E-state index contributed by atoms with van der Waals surface area (Å²) in [6.45, 7) is 12.9. The topological polar surface area (TPSA) is 87.7 Å². The van der Waals surface area contributed by atoms with Crippen molar-refractivity contribution < 1.29 is 19.1 Å². The first-order valence-electron chi connectivity index (χ1n) is 14.8. The van der Waals surface area contributed by atoms with Crippen LogP contribution in [0.25, 0.3) is 16.8 Å². The zero-order valence-electron chi connectivity index (χ0n) is 26.0. The summed E-state index contributed by atoms with van der Waals surface area (Å²) >= 11 is 0. The van der Waals surface area contributed by atoms with Crippen LogP contribution >= 0.6 is 0 Å². The number of nitrogens with one attached hydrogen (secondary N) is 2. The fourth-order valence-electron chi connectivity index (χ4n) is 5.13. The molecule has 228 valence electrons. The van der Waals surface area contributed by atoms with Gasteiger partial charge in [-0.15, -0.1) is 0 Å². The summed E-state index contributed by atoms with van der Waals surface area (Å²) < 4.78 is 5.52. The molecule has 7 nitrogen and oxygen atoms in total. The van der Waals surface area contributed by atoms with Gasteiger partial charge in [-0.3, -0.25) is 9.59 Å². The predicted molar refractivity (Wildman–Crippen MR) is 177 cm³/mol. The molecule has 0 radical (unpaired) electrons. The van der Waals surface area contributed by atoms with Crippen molar-refractivity contribution in [3.05, 3.63) is 120 Å². The average Bonchev–Trinajstić information content (AvgIpc) is 2.98. The molecule has 0 bridgehead atoms. The van der Waals surface area contributed by atoms with Crippen molar-refractivity contribution in [2.24, 2.45) is 0 Å². The van der Waals surface area contributed by atoms with E-state index in [1.807, 2.05) is 111 Å². The third kappa shape index (κ3) is 8.34. The number of carbonyl (C=O) groups excluding carboxylic acids is 3. The highest BCUT2D eigenvalue weighted by molar-refractivity contribution is 6.00. The van der Waals surface area contributed by atoms with E-state index < -0.39 is 35.7 Å². The van der Waals surface area contributed by atoms with E-state index >= 15 is 0 Å². The van der Waals surface area contributed by atoms with Gasteiger partial charge in [0.15, 0.2) is 0 Å². The van der Waals surface area contributed by atoms with Gasteiger partial charge in [0.05, 0.1) is 0 Å². The van der Waals surface area contributed by atoms with Crippen LogP contribution in [0.1, 0.15) is 57.4 Å². The van der Waals surface area contributed by atoms with E-state index in [0.717, 1.165) is 21.9 Å². The van der Waals surface area contributed by atoms with Crippen molar-refractivity contribution in [1.29, 1.82) is 0 Å². The number of nitrogens with zero attached hydrogens (tertiary/aromatic N) is 1. The number of anilines is 1. The first kappa shape index (κ1) is 32.0.